The minimum Gasteiger partial charge on any atom is -0.489 e. The lowest BCUT2D eigenvalue weighted by atomic mass is 9.83. The molecular weight excluding hydrogens is 402 g/mol. The number of amides is 1. The molecule has 0 N–H and O–H groups in total. The summed E-state index contributed by atoms with van der Waals surface area (Å²) in [6, 6.07) is 7.12. The van der Waals surface area contributed by atoms with Gasteiger partial charge in [-0.05, 0) is 38.7 Å². The molecule has 3 atom stereocenters. The Morgan fingerprint density at radius 1 is 1.12 bits per heavy atom. The molecule has 0 bridgehead atoms. The second kappa shape index (κ2) is 9.06. The number of ether oxygens (including phenoxy) is 2. The highest BCUT2D eigenvalue weighted by atomic mass is 16.5. The Bertz CT molecular complexity index is 953. The Hall–Kier alpha value is -2.05. The highest BCUT2D eigenvalue weighted by Gasteiger charge is 2.36. The number of carbonyl (C=O) groups is 1. The number of nitrogens with zero attached hydrogens (tertiary/aromatic N) is 3. The van der Waals surface area contributed by atoms with Gasteiger partial charge in [0.1, 0.15) is 12.4 Å². The molecule has 6 nitrogen and oxygen atoms in total. The van der Waals surface area contributed by atoms with Crippen molar-refractivity contribution in [2.75, 3.05) is 40.0 Å². The van der Waals surface area contributed by atoms with Crippen molar-refractivity contribution in [3.05, 3.63) is 30.0 Å². The molecule has 2 unspecified atom stereocenters. The lowest BCUT2D eigenvalue weighted by molar-refractivity contribution is 0.0194. The zero-order valence-electron chi connectivity index (χ0n) is 19.8. The van der Waals surface area contributed by atoms with E-state index < -0.39 is 0 Å². The van der Waals surface area contributed by atoms with Crippen LogP contribution in [0.4, 0.5) is 0 Å². The van der Waals surface area contributed by atoms with E-state index in [9.17, 15) is 4.79 Å². The first-order valence-corrected chi connectivity index (χ1v) is 12.4. The highest BCUT2D eigenvalue weighted by Crippen LogP contribution is 2.42. The van der Waals surface area contributed by atoms with Crippen LogP contribution in [0.1, 0.15) is 62.4 Å². The average molecular weight is 440 g/mol. The molecule has 1 aromatic heterocycles. The molecule has 3 aliphatic rings. The number of carbonyl (C=O) groups excluding carboxylic acids is 1. The van der Waals surface area contributed by atoms with Crippen LogP contribution in [0.25, 0.3) is 10.9 Å². The number of benzene rings is 1. The molecule has 3 heterocycles. The van der Waals surface area contributed by atoms with E-state index in [2.05, 4.69) is 40.5 Å². The van der Waals surface area contributed by atoms with E-state index in [4.69, 9.17) is 9.47 Å². The molecule has 1 saturated heterocycles. The summed E-state index contributed by atoms with van der Waals surface area (Å²) in [5.74, 6) is 1.71. The number of aromatic nitrogens is 1. The predicted octanol–water partition coefficient (Wildman–Crippen LogP) is 4.34. The Balaban J connectivity index is 1.44. The first-order chi connectivity index (χ1) is 15.6. The summed E-state index contributed by atoms with van der Waals surface area (Å²) in [6.45, 7) is 8.28. The summed E-state index contributed by atoms with van der Waals surface area (Å²) < 4.78 is 13.9. The van der Waals surface area contributed by atoms with Crippen molar-refractivity contribution < 1.29 is 14.3 Å². The van der Waals surface area contributed by atoms with Crippen molar-refractivity contribution in [1.82, 2.24) is 14.4 Å². The highest BCUT2D eigenvalue weighted by molar-refractivity contribution is 6.08. The van der Waals surface area contributed by atoms with Gasteiger partial charge in [-0.1, -0.05) is 31.4 Å². The van der Waals surface area contributed by atoms with Crippen LogP contribution >= 0.6 is 0 Å². The molecule has 5 rings (SSSR count). The van der Waals surface area contributed by atoms with Crippen molar-refractivity contribution in [2.24, 2.45) is 5.92 Å². The standard InChI is InChI=1S/C26H37N3O3/c1-18-14-27(15-19(2)28(18)12-13-31-3)26(30)22-16-29-23(20-8-5-4-6-9-20)17-32-24-11-7-10-21(22)25(24)29/h7,10-11,16,18-20,23H,4-6,8-9,12-15,17H2,1-3H3/t18?,19?,23-/m0/s1. The summed E-state index contributed by atoms with van der Waals surface area (Å²) in [5, 5.41) is 1.04. The monoisotopic (exact) mass is 439 g/mol. The number of hydrogen-bond donors (Lipinski definition) is 0. The quantitative estimate of drug-likeness (QED) is 0.696. The van der Waals surface area contributed by atoms with Gasteiger partial charge in [0.2, 0.25) is 0 Å². The molecule has 0 spiro atoms. The summed E-state index contributed by atoms with van der Waals surface area (Å²) in [7, 11) is 1.75. The van der Waals surface area contributed by atoms with Crippen molar-refractivity contribution in [2.45, 2.75) is 64.1 Å². The second-order valence-electron chi connectivity index (χ2n) is 10.0. The molecule has 2 aliphatic heterocycles. The number of methoxy groups -OCH3 is 1. The van der Waals surface area contributed by atoms with Crippen LogP contribution < -0.4 is 4.74 Å². The molecule has 174 valence electrons. The zero-order chi connectivity index (χ0) is 22.2. The van der Waals surface area contributed by atoms with Crippen LogP contribution in [-0.4, -0.2) is 72.3 Å². The van der Waals surface area contributed by atoms with Gasteiger partial charge < -0.3 is 18.9 Å². The number of piperazine rings is 1. The molecule has 1 aromatic carbocycles. The number of rotatable bonds is 5. The third kappa shape index (κ3) is 3.81. The van der Waals surface area contributed by atoms with E-state index in [0.29, 0.717) is 30.7 Å². The maximum Gasteiger partial charge on any atom is 0.256 e. The molecule has 1 amide bonds. The van der Waals surface area contributed by atoms with Gasteiger partial charge in [-0.25, -0.2) is 0 Å². The smallest absolute Gasteiger partial charge is 0.256 e. The van der Waals surface area contributed by atoms with Gasteiger partial charge in [0.15, 0.2) is 0 Å². The first kappa shape index (κ1) is 21.8. The predicted molar refractivity (Wildman–Crippen MR) is 126 cm³/mol. The van der Waals surface area contributed by atoms with E-state index in [0.717, 1.165) is 48.5 Å². The van der Waals surface area contributed by atoms with Crippen molar-refractivity contribution in [3.8, 4) is 5.75 Å². The van der Waals surface area contributed by atoms with Crippen LogP contribution in [-0.2, 0) is 4.74 Å². The van der Waals surface area contributed by atoms with Crippen LogP contribution in [0.15, 0.2) is 24.4 Å². The fraction of sp³-hybridized carbons (Fsp3) is 0.654. The SMILES string of the molecule is COCCN1C(C)CN(C(=O)c2cn3c4c(cccc24)OC[C@H]3C2CCCCC2)CC1C. The molecule has 2 aromatic rings. The summed E-state index contributed by atoms with van der Waals surface area (Å²) in [4.78, 5) is 18.3. The second-order valence-corrected chi connectivity index (χ2v) is 10.0. The first-order valence-electron chi connectivity index (χ1n) is 12.4. The summed E-state index contributed by atoms with van der Waals surface area (Å²) >= 11 is 0. The van der Waals surface area contributed by atoms with Gasteiger partial charge in [-0.3, -0.25) is 9.69 Å². The van der Waals surface area contributed by atoms with E-state index >= 15 is 0 Å². The van der Waals surface area contributed by atoms with E-state index in [-0.39, 0.29) is 5.91 Å². The van der Waals surface area contributed by atoms with Crippen LogP contribution in [0.5, 0.6) is 5.75 Å². The minimum absolute atomic E-state index is 0.153. The maximum absolute atomic E-state index is 13.8. The molecular formula is C26H37N3O3. The molecule has 1 saturated carbocycles. The molecule has 32 heavy (non-hydrogen) atoms. The van der Waals surface area contributed by atoms with Crippen LogP contribution in [0, 0.1) is 5.92 Å². The minimum atomic E-state index is 0.153. The average Bonchev–Trinajstić information content (AvgIpc) is 3.20. The van der Waals surface area contributed by atoms with Crippen LogP contribution in [0.3, 0.4) is 0 Å². The van der Waals surface area contributed by atoms with Crippen molar-refractivity contribution >= 4 is 16.8 Å². The topological polar surface area (TPSA) is 46.9 Å². The molecule has 1 aliphatic carbocycles. The third-order valence-corrected chi connectivity index (χ3v) is 7.95. The Kier molecular flexibility index (Phi) is 6.17. The van der Waals surface area contributed by atoms with Gasteiger partial charge in [-0.15, -0.1) is 0 Å². The largest absolute Gasteiger partial charge is 0.489 e. The van der Waals surface area contributed by atoms with Crippen molar-refractivity contribution in [3.63, 3.8) is 0 Å². The molecule has 0 radical (unpaired) electrons. The number of para-hydroxylation sites is 1. The molecule has 2 fully saturated rings. The maximum atomic E-state index is 13.8. The Labute approximate surface area is 191 Å². The van der Waals surface area contributed by atoms with Crippen LogP contribution in [0.2, 0.25) is 0 Å². The Morgan fingerprint density at radius 3 is 2.59 bits per heavy atom. The number of hydrogen-bond acceptors (Lipinski definition) is 4. The van der Waals surface area contributed by atoms with Crippen molar-refractivity contribution in [1.29, 1.82) is 0 Å². The fourth-order valence-electron chi connectivity index (χ4n) is 6.30. The zero-order valence-corrected chi connectivity index (χ0v) is 19.8. The van der Waals surface area contributed by atoms with Gasteiger partial charge in [0.05, 0.1) is 23.7 Å². The lowest BCUT2D eigenvalue weighted by Crippen LogP contribution is -2.58. The molecule has 6 heteroatoms. The van der Waals surface area contributed by atoms with E-state index in [1.807, 2.05) is 12.1 Å². The third-order valence-electron chi connectivity index (χ3n) is 7.95. The van der Waals surface area contributed by atoms with Gasteiger partial charge in [0, 0.05) is 50.4 Å². The van der Waals surface area contributed by atoms with Gasteiger partial charge in [0.25, 0.3) is 5.91 Å². The summed E-state index contributed by atoms with van der Waals surface area (Å²) in [6.07, 6.45) is 8.63. The Morgan fingerprint density at radius 2 is 1.88 bits per heavy atom. The van der Waals surface area contributed by atoms with Gasteiger partial charge >= 0.3 is 0 Å². The normalized spacial score (nSPS) is 27.0. The van der Waals surface area contributed by atoms with E-state index in [1.165, 1.54) is 32.1 Å². The summed E-state index contributed by atoms with van der Waals surface area (Å²) in [5.41, 5.74) is 1.94. The van der Waals surface area contributed by atoms with Gasteiger partial charge in [-0.2, -0.15) is 0 Å². The van der Waals surface area contributed by atoms with E-state index in [1.54, 1.807) is 7.11 Å². The fourth-order valence-corrected chi connectivity index (χ4v) is 6.30. The lowest BCUT2D eigenvalue weighted by Gasteiger charge is -2.44.